The average Bonchev–Trinajstić information content (AvgIpc) is 2.74. The second kappa shape index (κ2) is 6.66. The number of pyridine rings is 1. The summed E-state index contributed by atoms with van der Waals surface area (Å²) >= 11 is 0. The summed E-state index contributed by atoms with van der Waals surface area (Å²) in [6, 6.07) is 23.5. The van der Waals surface area contributed by atoms with Gasteiger partial charge in [-0.25, -0.2) is 0 Å². The predicted octanol–water partition coefficient (Wildman–Crippen LogP) is 4.91. The quantitative estimate of drug-likeness (QED) is 0.624. The molecular formula is C27H24N2. The van der Waals surface area contributed by atoms with Gasteiger partial charge in [-0.1, -0.05) is 66.7 Å². The third kappa shape index (κ3) is 2.87. The van der Waals surface area contributed by atoms with Gasteiger partial charge in [0.05, 0.1) is 11.0 Å². The third-order valence-corrected chi connectivity index (χ3v) is 6.05. The fraction of sp³-hybridized carbons (Fsp3) is 0.185. The van der Waals surface area contributed by atoms with E-state index in [9.17, 15) is 0 Å². The Bertz CT molecular complexity index is 1280. The van der Waals surface area contributed by atoms with Crippen LogP contribution in [0, 0.1) is 12.3 Å². The lowest BCUT2D eigenvalue weighted by molar-refractivity contribution is 0.596. The highest BCUT2D eigenvalue weighted by Gasteiger charge is 2.38. The lowest BCUT2D eigenvalue weighted by Crippen LogP contribution is -2.42. The molecule has 0 spiro atoms. The van der Waals surface area contributed by atoms with Crippen molar-refractivity contribution in [1.29, 1.82) is 0 Å². The number of fused-ring (bicyclic) bond motifs is 2. The van der Waals surface area contributed by atoms with Crippen molar-refractivity contribution in [3.8, 4) is 11.1 Å². The minimum Gasteiger partial charge on any atom is -0.255 e. The molecule has 1 aromatic heterocycles. The molecule has 2 nitrogen and oxygen atoms in total. The molecule has 1 aliphatic heterocycles. The molecule has 0 fully saturated rings. The van der Waals surface area contributed by atoms with E-state index < -0.39 is 0 Å². The monoisotopic (exact) mass is 376 g/mol. The number of aromatic nitrogens is 1. The minimum atomic E-state index is -0.178. The van der Waals surface area contributed by atoms with E-state index in [4.69, 9.17) is 9.98 Å². The van der Waals surface area contributed by atoms with E-state index in [0.29, 0.717) is 0 Å². The summed E-state index contributed by atoms with van der Waals surface area (Å²) in [6.45, 7) is 6.47. The fourth-order valence-electron chi connectivity index (χ4n) is 4.60. The van der Waals surface area contributed by atoms with Crippen molar-refractivity contribution in [2.75, 3.05) is 0 Å². The van der Waals surface area contributed by atoms with Gasteiger partial charge in [-0.15, -0.1) is 0 Å². The summed E-state index contributed by atoms with van der Waals surface area (Å²) < 4.78 is 0. The van der Waals surface area contributed by atoms with Gasteiger partial charge >= 0.3 is 0 Å². The Kier molecular flexibility index (Phi) is 4.09. The number of aliphatic imine (C=N–C) groups is 1. The van der Waals surface area contributed by atoms with E-state index in [1.165, 1.54) is 27.5 Å². The van der Waals surface area contributed by atoms with Gasteiger partial charge in [0.2, 0.25) is 0 Å². The lowest BCUT2D eigenvalue weighted by atomic mass is 9.69. The summed E-state index contributed by atoms with van der Waals surface area (Å²) in [4.78, 5) is 10.0. The normalized spacial score (nSPS) is 20.2. The molecule has 1 aliphatic carbocycles. The van der Waals surface area contributed by atoms with Crippen LogP contribution in [0.1, 0.15) is 31.5 Å². The number of hydrogen-bond donors (Lipinski definition) is 0. The van der Waals surface area contributed by atoms with Crippen LogP contribution < -0.4 is 10.6 Å². The molecule has 142 valence electrons. The van der Waals surface area contributed by atoms with Gasteiger partial charge < -0.3 is 0 Å². The minimum absolute atomic E-state index is 0.178. The molecule has 0 bridgehead atoms. The molecule has 0 saturated carbocycles. The van der Waals surface area contributed by atoms with Crippen LogP contribution in [-0.2, 0) is 0 Å². The average molecular weight is 377 g/mol. The summed E-state index contributed by atoms with van der Waals surface area (Å²) in [5, 5.41) is 2.23. The Morgan fingerprint density at radius 1 is 0.862 bits per heavy atom. The first-order chi connectivity index (χ1) is 14.1. The van der Waals surface area contributed by atoms with E-state index in [1.807, 2.05) is 0 Å². The summed E-state index contributed by atoms with van der Waals surface area (Å²) in [7, 11) is 0. The van der Waals surface area contributed by atoms with Crippen LogP contribution in [0.3, 0.4) is 0 Å². The van der Waals surface area contributed by atoms with Crippen LogP contribution in [-0.4, -0.2) is 10.7 Å². The van der Waals surface area contributed by atoms with Gasteiger partial charge in [-0.05, 0) is 61.6 Å². The highest BCUT2D eigenvalue weighted by atomic mass is 14.8. The number of hydrogen-bond acceptors (Lipinski definition) is 2. The highest BCUT2D eigenvalue weighted by Crippen LogP contribution is 2.48. The van der Waals surface area contributed by atoms with Gasteiger partial charge in [-0.2, -0.15) is 0 Å². The zero-order valence-corrected chi connectivity index (χ0v) is 17.1. The first-order valence-corrected chi connectivity index (χ1v) is 10.2. The second-order valence-electron chi connectivity index (χ2n) is 8.21. The van der Waals surface area contributed by atoms with Crippen LogP contribution >= 0.6 is 0 Å². The van der Waals surface area contributed by atoms with Crippen molar-refractivity contribution < 1.29 is 0 Å². The Hall–Kier alpha value is -3.26. The molecule has 2 aromatic carbocycles. The Labute approximate surface area is 171 Å². The molecule has 0 saturated heterocycles. The van der Waals surface area contributed by atoms with Gasteiger partial charge in [0.1, 0.15) is 0 Å². The van der Waals surface area contributed by atoms with Crippen molar-refractivity contribution in [2.45, 2.75) is 27.2 Å². The van der Waals surface area contributed by atoms with E-state index in [-0.39, 0.29) is 5.41 Å². The van der Waals surface area contributed by atoms with Crippen molar-refractivity contribution in [1.82, 2.24) is 4.98 Å². The van der Waals surface area contributed by atoms with Crippen molar-refractivity contribution in [2.24, 2.45) is 10.4 Å². The van der Waals surface area contributed by atoms with Crippen LogP contribution in [0.2, 0.25) is 0 Å². The molecule has 1 unspecified atom stereocenters. The highest BCUT2D eigenvalue weighted by molar-refractivity contribution is 6.07. The first-order valence-electron chi connectivity index (χ1n) is 10.2. The van der Waals surface area contributed by atoms with E-state index in [0.717, 1.165) is 28.9 Å². The summed E-state index contributed by atoms with van der Waals surface area (Å²) in [5.74, 6) is 0. The number of allylic oxidation sites excluding steroid dienone is 1. The molecule has 0 N–H and O–H groups in total. The zero-order valence-electron chi connectivity index (χ0n) is 17.1. The Morgan fingerprint density at radius 2 is 1.52 bits per heavy atom. The largest absolute Gasteiger partial charge is 0.255 e. The van der Waals surface area contributed by atoms with Gasteiger partial charge in [0.15, 0.2) is 0 Å². The number of aryl methyl sites for hydroxylation is 1. The topological polar surface area (TPSA) is 25.2 Å². The smallest absolute Gasteiger partial charge is 0.0932 e. The predicted molar refractivity (Wildman–Crippen MR) is 122 cm³/mol. The maximum atomic E-state index is 5.04. The van der Waals surface area contributed by atoms with Crippen LogP contribution in [0.15, 0.2) is 77.8 Å². The number of benzene rings is 2. The van der Waals surface area contributed by atoms with Crippen molar-refractivity contribution >= 4 is 23.1 Å². The number of dihydropyridines is 1. The van der Waals surface area contributed by atoms with Gasteiger partial charge in [0, 0.05) is 22.0 Å². The van der Waals surface area contributed by atoms with Gasteiger partial charge in [-0.3, -0.25) is 9.98 Å². The molecule has 2 aliphatic rings. The first kappa shape index (κ1) is 17.8. The molecule has 2 heteroatoms. The molecule has 5 rings (SSSR count). The lowest BCUT2D eigenvalue weighted by Gasteiger charge is -2.37. The molecule has 29 heavy (non-hydrogen) atoms. The fourth-order valence-corrected chi connectivity index (χ4v) is 4.60. The van der Waals surface area contributed by atoms with Crippen molar-refractivity contribution in [3.63, 3.8) is 0 Å². The standard InChI is InChI=1S/C27H24N2/c1-18-16-23(20-10-6-4-7-11-20)22-14-15-27(3)24(21-12-8-5-9-13-21)17-19(2)29-26(27)25(22)28-18/h4-14,16-17H,15H2,1-3H3. The second-order valence-corrected chi connectivity index (χ2v) is 8.21. The van der Waals surface area contributed by atoms with Crippen LogP contribution in [0.4, 0.5) is 0 Å². The van der Waals surface area contributed by atoms with E-state index in [1.54, 1.807) is 0 Å². The molecule has 1 atom stereocenters. The maximum absolute atomic E-state index is 5.04. The van der Waals surface area contributed by atoms with Crippen LogP contribution in [0.5, 0.6) is 0 Å². The Morgan fingerprint density at radius 3 is 2.21 bits per heavy atom. The molecular weight excluding hydrogens is 352 g/mol. The van der Waals surface area contributed by atoms with Crippen molar-refractivity contribution in [3.05, 3.63) is 94.6 Å². The maximum Gasteiger partial charge on any atom is 0.0932 e. The number of rotatable bonds is 2. The SMILES string of the molecule is CC1=NC2=c3nc(C)cc(-c4ccccc4)c3=CCC2(C)C(c2ccccc2)=C1. The van der Waals surface area contributed by atoms with E-state index >= 15 is 0 Å². The summed E-state index contributed by atoms with van der Waals surface area (Å²) in [6.07, 6.45) is 5.52. The van der Waals surface area contributed by atoms with Gasteiger partial charge in [0.25, 0.3) is 0 Å². The van der Waals surface area contributed by atoms with E-state index in [2.05, 4.69) is 99.7 Å². The summed E-state index contributed by atoms with van der Waals surface area (Å²) in [5.41, 5.74) is 8.03. The molecule has 2 heterocycles. The number of nitrogens with zero attached hydrogens (tertiary/aromatic N) is 2. The Balaban J connectivity index is 1.82. The van der Waals surface area contributed by atoms with Crippen LogP contribution in [0.25, 0.3) is 28.5 Å². The molecule has 0 radical (unpaired) electrons. The zero-order chi connectivity index (χ0) is 20.0. The molecule has 3 aromatic rings. The molecule has 0 amide bonds. The third-order valence-electron chi connectivity index (χ3n) is 6.05.